The summed E-state index contributed by atoms with van der Waals surface area (Å²) < 4.78 is 0. The smallest absolute Gasteiger partial charge is 0.137 e. The molecule has 0 saturated carbocycles. The number of azo groups is 1. The molecule has 0 spiro atoms. The molecule has 0 bridgehead atoms. The Labute approximate surface area is 116 Å². The van der Waals surface area contributed by atoms with Gasteiger partial charge in [-0.1, -0.05) is 36.4 Å². The van der Waals surface area contributed by atoms with Crippen LogP contribution in [0.1, 0.15) is 0 Å². The van der Waals surface area contributed by atoms with Crippen molar-refractivity contribution in [2.24, 2.45) is 5.11 Å². The van der Waals surface area contributed by atoms with Crippen LogP contribution >= 0.6 is 11.8 Å². The van der Waals surface area contributed by atoms with Crippen LogP contribution in [-0.2, 0) is 0 Å². The first kappa shape index (κ1) is 12.2. The lowest BCUT2D eigenvalue weighted by atomic mass is 10.3. The van der Waals surface area contributed by atoms with Crippen LogP contribution in [0.15, 0.2) is 65.8 Å². The average molecular weight is 271 g/mol. The van der Waals surface area contributed by atoms with E-state index in [1.807, 2.05) is 64.7 Å². The molecule has 2 aromatic rings. The molecular weight excluding hydrogens is 256 g/mol. The average Bonchev–Trinajstić information content (AvgIpc) is 2.93. The number of anilines is 1. The van der Waals surface area contributed by atoms with Crippen molar-refractivity contribution in [1.82, 2.24) is 5.43 Å². The van der Waals surface area contributed by atoms with Crippen molar-refractivity contribution >= 4 is 23.1 Å². The molecule has 1 heterocycles. The van der Waals surface area contributed by atoms with Gasteiger partial charge in [0.2, 0.25) is 5.50 Å². The molecule has 0 unspecified atom stereocenters. The first-order valence-corrected chi connectivity index (χ1v) is 7.37. The van der Waals surface area contributed by atoms with E-state index in [9.17, 15) is 0 Å². The third kappa shape index (κ3) is 2.47. The second kappa shape index (κ2) is 5.42. The van der Waals surface area contributed by atoms with E-state index in [0.717, 1.165) is 11.4 Å². The molecule has 0 aliphatic carbocycles. The molecule has 96 valence electrons. The summed E-state index contributed by atoms with van der Waals surface area (Å²) in [5.74, 6) is 0. The zero-order valence-electron chi connectivity index (χ0n) is 10.6. The highest BCUT2D eigenvalue weighted by Crippen LogP contribution is 2.25. The molecule has 0 saturated heterocycles. The van der Waals surface area contributed by atoms with Gasteiger partial charge in [-0.05, 0) is 23.5 Å². The lowest BCUT2D eigenvalue weighted by Crippen LogP contribution is -2.39. The molecule has 1 atom stereocenters. The number of thioether (sulfide) groups is 1. The molecule has 1 aliphatic heterocycles. The normalized spacial score (nSPS) is 18.5. The van der Waals surface area contributed by atoms with Gasteiger partial charge in [-0.25, -0.2) is 0 Å². The third-order valence-electron chi connectivity index (χ3n) is 2.85. The quantitative estimate of drug-likeness (QED) is 0.868. The van der Waals surface area contributed by atoms with E-state index in [1.165, 1.54) is 0 Å². The second-order valence-electron chi connectivity index (χ2n) is 4.10. The molecule has 3 rings (SSSR count). The predicted octanol–water partition coefficient (Wildman–Crippen LogP) is 3.37. The van der Waals surface area contributed by atoms with Crippen LogP contribution in [0.25, 0.3) is 0 Å². The maximum absolute atomic E-state index is 4.65. The lowest BCUT2D eigenvalue weighted by molar-refractivity contribution is -0.517. The van der Waals surface area contributed by atoms with Crippen LogP contribution in [-0.4, -0.2) is 16.6 Å². The van der Waals surface area contributed by atoms with Crippen molar-refractivity contribution < 1.29 is 4.81 Å². The molecule has 0 aromatic heterocycles. The van der Waals surface area contributed by atoms with Gasteiger partial charge in [0.1, 0.15) is 5.69 Å². The van der Waals surface area contributed by atoms with Gasteiger partial charge in [-0.3, -0.25) is 0 Å². The second-order valence-corrected chi connectivity index (χ2v) is 5.02. The number of rotatable bonds is 3. The summed E-state index contributed by atoms with van der Waals surface area (Å²) in [6, 6.07) is 20.3. The topological polar surface area (TPSA) is 30.6 Å². The third-order valence-corrected chi connectivity index (χ3v) is 3.49. The minimum atomic E-state index is 0.0282. The Bertz CT molecular complexity index is 571. The first-order chi connectivity index (χ1) is 9.38. The van der Waals surface area contributed by atoms with Crippen LogP contribution in [0.4, 0.5) is 11.4 Å². The van der Waals surface area contributed by atoms with Crippen LogP contribution in [0.3, 0.4) is 0 Å². The van der Waals surface area contributed by atoms with Gasteiger partial charge in [0.15, 0.2) is 0 Å². The monoisotopic (exact) mass is 271 g/mol. The number of hydrazine groups is 2. The number of benzene rings is 2. The fourth-order valence-electron chi connectivity index (χ4n) is 1.93. The SMILES string of the molecule is CS[C@H]1N=[N+](c2ccccc2)N(c2ccccc2)N1. The summed E-state index contributed by atoms with van der Waals surface area (Å²) in [6.07, 6.45) is 2.04. The summed E-state index contributed by atoms with van der Waals surface area (Å²) in [5.41, 5.74) is 5.49. The molecule has 1 aliphatic rings. The number of para-hydroxylation sites is 2. The highest BCUT2D eigenvalue weighted by atomic mass is 32.2. The number of hydrogen-bond acceptors (Lipinski definition) is 4. The minimum absolute atomic E-state index is 0.0282. The Morgan fingerprint density at radius 2 is 1.68 bits per heavy atom. The van der Waals surface area contributed by atoms with Crippen LogP contribution in [0.2, 0.25) is 0 Å². The van der Waals surface area contributed by atoms with E-state index < -0.39 is 0 Å². The largest absolute Gasteiger partial charge is 0.267 e. The van der Waals surface area contributed by atoms with E-state index in [2.05, 4.69) is 22.7 Å². The molecule has 1 N–H and O–H groups in total. The zero-order valence-corrected chi connectivity index (χ0v) is 11.4. The van der Waals surface area contributed by atoms with E-state index in [0.29, 0.717) is 0 Å². The highest BCUT2D eigenvalue weighted by Gasteiger charge is 2.34. The minimum Gasteiger partial charge on any atom is -0.137 e. The van der Waals surface area contributed by atoms with E-state index >= 15 is 0 Å². The number of hydrogen-bond donors (Lipinski definition) is 1. The molecule has 5 heteroatoms. The van der Waals surface area contributed by atoms with Crippen LogP contribution in [0, 0.1) is 0 Å². The molecule has 19 heavy (non-hydrogen) atoms. The summed E-state index contributed by atoms with van der Waals surface area (Å²) in [7, 11) is 0. The summed E-state index contributed by atoms with van der Waals surface area (Å²) in [4.78, 5) is 1.90. The molecule has 0 radical (unpaired) electrons. The van der Waals surface area contributed by atoms with Gasteiger partial charge in [-0.15, -0.1) is 17.2 Å². The maximum Gasteiger partial charge on any atom is 0.267 e. The predicted molar refractivity (Wildman–Crippen MR) is 78.2 cm³/mol. The van der Waals surface area contributed by atoms with Gasteiger partial charge in [0, 0.05) is 17.2 Å². The summed E-state index contributed by atoms with van der Waals surface area (Å²) >= 11 is 1.67. The van der Waals surface area contributed by atoms with Gasteiger partial charge in [0.05, 0.1) is 4.81 Å². The highest BCUT2D eigenvalue weighted by molar-refractivity contribution is 7.99. The maximum atomic E-state index is 4.65. The van der Waals surface area contributed by atoms with Crippen molar-refractivity contribution in [3.8, 4) is 0 Å². The first-order valence-electron chi connectivity index (χ1n) is 6.08. The summed E-state index contributed by atoms with van der Waals surface area (Å²) in [6.45, 7) is 0. The van der Waals surface area contributed by atoms with Crippen molar-refractivity contribution in [2.75, 3.05) is 11.4 Å². The van der Waals surface area contributed by atoms with Crippen molar-refractivity contribution in [3.63, 3.8) is 0 Å². The standard InChI is InChI=1S/C14H15N4S/c1-19-14-15-17(12-8-4-2-5-9-12)18(16-14)13-10-6-3-7-11-13/h2-11,14-15H,1H3/q+1/t14-/m1/s1. The van der Waals surface area contributed by atoms with E-state index in [1.54, 1.807) is 11.8 Å². The molecule has 4 nitrogen and oxygen atoms in total. The molecular formula is C14H15N4S+. The zero-order chi connectivity index (χ0) is 13.1. The van der Waals surface area contributed by atoms with Gasteiger partial charge in [-0.2, -0.15) is 0 Å². The Hall–Kier alpha value is -1.85. The van der Waals surface area contributed by atoms with Crippen molar-refractivity contribution in [2.45, 2.75) is 5.50 Å². The van der Waals surface area contributed by atoms with E-state index in [-0.39, 0.29) is 5.50 Å². The fraction of sp³-hybridized carbons (Fsp3) is 0.143. The number of nitrogens with one attached hydrogen (secondary N) is 1. The Morgan fingerprint density at radius 1 is 1.05 bits per heavy atom. The van der Waals surface area contributed by atoms with Crippen molar-refractivity contribution in [1.29, 1.82) is 0 Å². The van der Waals surface area contributed by atoms with E-state index in [4.69, 9.17) is 0 Å². The van der Waals surface area contributed by atoms with Gasteiger partial charge >= 0.3 is 0 Å². The number of nitrogens with zero attached hydrogens (tertiary/aromatic N) is 3. The molecule has 0 amide bonds. The van der Waals surface area contributed by atoms with Gasteiger partial charge in [0.25, 0.3) is 5.69 Å². The van der Waals surface area contributed by atoms with Gasteiger partial charge < -0.3 is 0 Å². The Balaban J connectivity index is 1.99. The van der Waals surface area contributed by atoms with Crippen LogP contribution < -0.4 is 10.5 Å². The van der Waals surface area contributed by atoms with Crippen molar-refractivity contribution in [3.05, 3.63) is 60.7 Å². The van der Waals surface area contributed by atoms with Crippen LogP contribution in [0.5, 0.6) is 0 Å². The lowest BCUT2D eigenvalue weighted by Gasteiger charge is -2.12. The molecule has 0 fully saturated rings. The Morgan fingerprint density at radius 3 is 2.32 bits per heavy atom. The fourth-order valence-corrected chi connectivity index (χ4v) is 2.32. The molecule has 2 aromatic carbocycles. The summed E-state index contributed by atoms with van der Waals surface area (Å²) in [5, 5.41) is 6.61. The Kier molecular flexibility index (Phi) is 3.48.